The van der Waals surface area contributed by atoms with Crippen LogP contribution in [0, 0.1) is 34.8 Å². The standard InChI is InChI=1S/C14H16F2N2O/c15-12-4-9(6-17)5-13(16)14(12)19-8-11-3-1-2-10(11)7-18/h4-5,10-11H,1-3,7-8,18H2. The van der Waals surface area contributed by atoms with E-state index in [-0.39, 0.29) is 18.1 Å². The Bertz CT molecular complexity index is 476. The summed E-state index contributed by atoms with van der Waals surface area (Å²) in [5.41, 5.74) is 5.60. The molecule has 0 saturated heterocycles. The van der Waals surface area contributed by atoms with Gasteiger partial charge in [0.2, 0.25) is 0 Å². The Morgan fingerprint density at radius 1 is 1.26 bits per heavy atom. The minimum absolute atomic E-state index is 0.0527. The lowest BCUT2D eigenvalue weighted by atomic mass is 9.97. The van der Waals surface area contributed by atoms with E-state index in [1.807, 2.05) is 0 Å². The molecule has 0 radical (unpaired) electrons. The minimum Gasteiger partial charge on any atom is -0.487 e. The van der Waals surface area contributed by atoms with Gasteiger partial charge in [-0.2, -0.15) is 5.26 Å². The van der Waals surface area contributed by atoms with Crippen LogP contribution in [0.5, 0.6) is 5.75 Å². The molecule has 0 aliphatic heterocycles. The molecule has 1 aromatic carbocycles. The van der Waals surface area contributed by atoms with E-state index in [1.165, 1.54) is 0 Å². The van der Waals surface area contributed by atoms with Crippen LogP contribution in [0.3, 0.4) is 0 Å². The Morgan fingerprint density at radius 3 is 2.47 bits per heavy atom. The highest BCUT2D eigenvalue weighted by molar-refractivity contribution is 5.37. The van der Waals surface area contributed by atoms with Gasteiger partial charge in [-0.3, -0.25) is 0 Å². The van der Waals surface area contributed by atoms with E-state index >= 15 is 0 Å². The number of nitrogens with zero attached hydrogens (tertiary/aromatic N) is 1. The fourth-order valence-corrected chi connectivity index (χ4v) is 2.60. The second-order valence-electron chi connectivity index (χ2n) is 4.88. The van der Waals surface area contributed by atoms with E-state index in [0.29, 0.717) is 12.5 Å². The third-order valence-corrected chi connectivity index (χ3v) is 3.69. The molecule has 1 fully saturated rings. The van der Waals surface area contributed by atoms with Crippen LogP contribution in [0.2, 0.25) is 0 Å². The first-order valence-corrected chi connectivity index (χ1v) is 6.37. The van der Waals surface area contributed by atoms with E-state index in [4.69, 9.17) is 15.7 Å². The maximum atomic E-state index is 13.6. The van der Waals surface area contributed by atoms with Gasteiger partial charge in [-0.15, -0.1) is 0 Å². The van der Waals surface area contributed by atoms with Gasteiger partial charge in [0, 0.05) is 0 Å². The number of nitrogens with two attached hydrogens (primary N) is 1. The molecule has 19 heavy (non-hydrogen) atoms. The predicted octanol–water partition coefficient (Wildman–Crippen LogP) is 2.59. The molecule has 0 spiro atoms. The molecule has 0 bridgehead atoms. The van der Waals surface area contributed by atoms with Gasteiger partial charge in [0.1, 0.15) is 0 Å². The Morgan fingerprint density at radius 2 is 1.89 bits per heavy atom. The topological polar surface area (TPSA) is 59.0 Å². The summed E-state index contributed by atoms with van der Waals surface area (Å²) < 4.78 is 32.5. The first-order chi connectivity index (χ1) is 9.15. The van der Waals surface area contributed by atoms with E-state index in [9.17, 15) is 8.78 Å². The Hall–Kier alpha value is -1.67. The molecule has 0 aromatic heterocycles. The highest BCUT2D eigenvalue weighted by Crippen LogP contribution is 2.32. The zero-order valence-corrected chi connectivity index (χ0v) is 10.5. The first-order valence-electron chi connectivity index (χ1n) is 6.37. The summed E-state index contributed by atoms with van der Waals surface area (Å²) in [5.74, 6) is -1.46. The van der Waals surface area contributed by atoms with E-state index in [1.54, 1.807) is 6.07 Å². The van der Waals surface area contributed by atoms with Crippen molar-refractivity contribution < 1.29 is 13.5 Å². The molecule has 2 atom stereocenters. The molecule has 2 N–H and O–H groups in total. The number of hydrogen-bond donors (Lipinski definition) is 1. The van der Waals surface area contributed by atoms with Crippen LogP contribution in [0.25, 0.3) is 0 Å². The van der Waals surface area contributed by atoms with Gasteiger partial charge in [-0.05, 0) is 43.4 Å². The summed E-state index contributed by atoms with van der Waals surface area (Å²) in [7, 11) is 0. The molecule has 102 valence electrons. The number of halogens is 2. The monoisotopic (exact) mass is 266 g/mol. The minimum atomic E-state index is -0.834. The maximum absolute atomic E-state index is 13.6. The zero-order valence-electron chi connectivity index (χ0n) is 10.5. The predicted molar refractivity (Wildman–Crippen MR) is 66.5 cm³/mol. The van der Waals surface area contributed by atoms with Crippen LogP contribution >= 0.6 is 0 Å². The summed E-state index contributed by atoms with van der Waals surface area (Å²) in [4.78, 5) is 0. The summed E-state index contributed by atoms with van der Waals surface area (Å²) in [6, 6.07) is 3.66. The lowest BCUT2D eigenvalue weighted by molar-refractivity contribution is 0.202. The molecular formula is C14H16F2N2O. The lowest BCUT2D eigenvalue weighted by Gasteiger charge is -2.18. The smallest absolute Gasteiger partial charge is 0.190 e. The van der Waals surface area contributed by atoms with Crippen molar-refractivity contribution in [2.75, 3.05) is 13.2 Å². The maximum Gasteiger partial charge on any atom is 0.190 e. The van der Waals surface area contributed by atoms with Crippen LogP contribution in [0.15, 0.2) is 12.1 Å². The molecule has 1 aliphatic carbocycles. The van der Waals surface area contributed by atoms with Crippen molar-refractivity contribution >= 4 is 0 Å². The van der Waals surface area contributed by atoms with Crippen molar-refractivity contribution in [2.45, 2.75) is 19.3 Å². The SMILES string of the molecule is N#Cc1cc(F)c(OCC2CCCC2CN)c(F)c1. The molecule has 2 rings (SSSR count). The zero-order chi connectivity index (χ0) is 13.8. The molecule has 2 unspecified atom stereocenters. The summed E-state index contributed by atoms with van der Waals surface area (Å²) in [5, 5.41) is 8.61. The first kappa shape index (κ1) is 13.8. The van der Waals surface area contributed by atoms with E-state index in [2.05, 4.69) is 0 Å². The number of nitriles is 1. The molecule has 1 aliphatic rings. The van der Waals surface area contributed by atoms with Crippen molar-refractivity contribution in [3.63, 3.8) is 0 Å². The van der Waals surface area contributed by atoms with Gasteiger partial charge >= 0.3 is 0 Å². The normalized spacial score (nSPS) is 22.2. The van der Waals surface area contributed by atoms with Crippen molar-refractivity contribution in [2.24, 2.45) is 17.6 Å². The molecular weight excluding hydrogens is 250 g/mol. The van der Waals surface area contributed by atoms with Crippen molar-refractivity contribution in [3.05, 3.63) is 29.3 Å². The highest BCUT2D eigenvalue weighted by Gasteiger charge is 2.27. The van der Waals surface area contributed by atoms with Crippen LogP contribution in [-0.4, -0.2) is 13.2 Å². The lowest BCUT2D eigenvalue weighted by Crippen LogP contribution is -2.23. The summed E-state index contributed by atoms with van der Waals surface area (Å²) in [6.07, 6.45) is 3.10. The molecule has 1 saturated carbocycles. The number of benzene rings is 1. The van der Waals surface area contributed by atoms with Crippen molar-refractivity contribution in [3.8, 4) is 11.8 Å². The fourth-order valence-electron chi connectivity index (χ4n) is 2.60. The van der Waals surface area contributed by atoms with Crippen LogP contribution < -0.4 is 10.5 Å². The number of hydrogen-bond acceptors (Lipinski definition) is 3. The van der Waals surface area contributed by atoms with Crippen molar-refractivity contribution in [1.82, 2.24) is 0 Å². The molecule has 5 heteroatoms. The third-order valence-electron chi connectivity index (χ3n) is 3.69. The Labute approximate surface area is 111 Å². The Kier molecular flexibility index (Phi) is 4.33. The van der Waals surface area contributed by atoms with Gasteiger partial charge in [-0.1, -0.05) is 6.42 Å². The van der Waals surface area contributed by atoms with Crippen molar-refractivity contribution in [1.29, 1.82) is 5.26 Å². The van der Waals surface area contributed by atoms with Crippen LogP contribution in [0.4, 0.5) is 8.78 Å². The number of rotatable bonds is 4. The molecule has 0 heterocycles. The van der Waals surface area contributed by atoms with Gasteiger partial charge in [0.05, 0.1) is 18.2 Å². The van der Waals surface area contributed by atoms with Gasteiger partial charge in [0.25, 0.3) is 0 Å². The van der Waals surface area contributed by atoms with Gasteiger partial charge in [-0.25, -0.2) is 8.78 Å². The second-order valence-corrected chi connectivity index (χ2v) is 4.88. The van der Waals surface area contributed by atoms with E-state index in [0.717, 1.165) is 31.4 Å². The molecule has 3 nitrogen and oxygen atoms in total. The van der Waals surface area contributed by atoms with E-state index < -0.39 is 17.4 Å². The quantitative estimate of drug-likeness (QED) is 0.911. The molecule has 0 amide bonds. The highest BCUT2D eigenvalue weighted by atomic mass is 19.1. The van der Waals surface area contributed by atoms with Gasteiger partial charge < -0.3 is 10.5 Å². The fraction of sp³-hybridized carbons (Fsp3) is 0.500. The average Bonchev–Trinajstić information content (AvgIpc) is 2.85. The largest absolute Gasteiger partial charge is 0.487 e. The second kappa shape index (κ2) is 5.98. The Balaban J connectivity index is 2.06. The third kappa shape index (κ3) is 3.02. The van der Waals surface area contributed by atoms with Gasteiger partial charge in [0.15, 0.2) is 17.4 Å². The summed E-state index contributed by atoms with van der Waals surface area (Å²) in [6.45, 7) is 0.841. The average molecular weight is 266 g/mol. The number of ether oxygens (including phenoxy) is 1. The molecule has 1 aromatic rings. The summed E-state index contributed by atoms with van der Waals surface area (Å²) >= 11 is 0. The van der Waals surface area contributed by atoms with Crippen LogP contribution in [0.1, 0.15) is 24.8 Å². The van der Waals surface area contributed by atoms with Crippen LogP contribution in [-0.2, 0) is 0 Å².